The maximum absolute atomic E-state index is 6.03. The van der Waals surface area contributed by atoms with Crippen molar-refractivity contribution in [3.63, 3.8) is 0 Å². The highest BCUT2D eigenvalue weighted by Gasteiger charge is 2.18. The standard InChI is InChI=1S/C18H18N2O/c1-12-9-10-19-15-7-4-6-14(18(15)20-12)17-11-13-5-2-3-8-16(13)21-17/h2-8,11-12,19-20H,9-10H2,1H3/t12-/m1/s1. The summed E-state index contributed by atoms with van der Waals surface area (Å²) in [5.74, 6) is 0.913. The van der Waals surface area contributed by atoms with Crippen molar-refractivity contribution in [1.29, 1.82) is 0 Å². The second-order valence-electron chi connectivity index (χ2n) is 5.64. The SMILES string of the molecule is C[C@@H]1CCNc2cccc(-c3cc4ccccc4o3)c2N1. The third kappa shape index (κ3) is 2.15. The van der Waals surface area contributed by atoms with Crippen molar-refractivity contribution >= 4 is 22.3 Å². The minimum atomic E-state index is 0.448. The first-order valence-corrected chi connectivity index (χ1v) is 7.43. The van der Waals surface area contributed by atoms with Gasteiger partial charge in [0.1, 0.15) is 11.3 Å². The Labute approximate surface area is 124 Å². The molecular formula is C18H18N2O. The van der Waals surface area contributed by atoms with Gasteiger partial charge in [-0.1, -0.05) is 24.3 Å². The van der Waals surface area contributed by atoms with E-state index in [4.69, 9.17) is 4.42 Å². The average molecular weight is 278 g/mol. The van der Waals surface area contributed by atoms with Crippen LogP contribution in [0.4, 0.5) is 11.4 Å². The Kier molecular flexibility index (Phi) is 2.85. The summed E-state index contributed by atoms with van der Waals surface area (Å²) in [6, 6.07) is 17.0. The fraction of sp³-hybridized carbons (Fsp3) is 0.222. The van der Waals surface area contributed by atoms with Gasteiger partial charge in [0, 0.05) is 23.5 Å². The molecule has 1 aliphatic heterocycles. The van der Waals surface area contributed by atoms with Gasteiger partial charge in [-0.05, 0) is 37.6 Å². The van der Waals surface area contributed by atoms with Crippen LogP contribution in [0.5, 0.6) is 0 Å². The lowest BCUT2D eigenvalue weighted by molar-refractivity contribution is 0.631. The zero-order valence-electron chi connectivity index (χ0n) is 12.0. The van der Waals surface area contributed by atoms with E-state index in [1.165, 1.54) is 0 Å². The Hall–Kier alpha value is -2.42. The van der Waals surface area contributed by atoms with E-state index in [0.717, 1.165) is 46.6 Å². The molecule has 1 aliphatic rings. The van der Waals surface area contributed by atoms with E-state index in [2.05, 4.69) is 47.9 Å². The van der Waals surface area contributed by atoms with Crippen LogP contribution in [-0.2, 0) is 0 Å². The molecule has 2 N–H and O–H groups in total. The molecule has 0 aliphatic carbocycles. The van der Waals surface area contributed by atoms with Crippen LogP contribution in [0.25, 0.3) is 22.3 Å². The first-order valence-electron chi connectivity index (χ1n) is 7.43. The van der Waals surface area contributed by atoms with E-state index in [0.29, 0.717) is 6.04 Å². The Bertz CT molecular complexity index is 758. The molecule has 3 heteroatoms. The van der Waals surface area contributed by atoms with Crippen molar-refractivity contribution in [1.82, 2.24) is 0 Å². The number of nitrogens with one attached hydrogen (secondary N) is 2. The van der Waals surface area contributed by atoms with Crippen molar-refractivity contribution in [3.05, 3.63) is 48.5 Å². The third-order valence-corrected chi connectivity index (χ3v) is 4.04. The number of rotatable bonds is 1. The van der Waals surface area contributed by atoms with Crippen LogP contribution in [0.15, 0.2) is 52.9 Å². The molecule has 0 saturated heterocycles. The molecule has 0 bridgehead atoms. The molecule has 0 fully saturated rings. The van der Waals surface area contributed by atoms with Gasteiger partial charge in [0.05, 0.1) is 11.4 Å². The maximum Gasteiger partial charge on any atom is 0.137 e. The summed E-state index contributed by atoms with van der Waals surface area (Å²) in [4.78, 5) is 0. The minimum Gasteiger partial charge on any atom is -0.456 e. The number of hydrogen-bond acceptors (Lipinski definition) is 3. The first-order chi connectivity index (χ1) is 10.3. The third-order valence-electron chi connectivity index (χ3n) is 4.04. The Morgan fingerprint density at radius 1 is 1.10 bits per heavy atom. The molecular weight excluding hydrogens is 260 g/mol. The molecule has 0 saturated carbocycles. The predicted molar refractivity (Wildman–Crippen MR) is 87.8 cm³/mol. The number of furan rings is 1. The van der Waals surface area contributed by atoms with Gasteiger partial charge in [-0.15, -0.1) is 0 Å². The zero-order valence-corrected chi connectivity index (χ0v) is 12.0. The number of hydrogen-bond donors (Lipinski definition) is 2. The summed E-state index contributed by atoms with van der Waals surface area (Å²) in [7, 11) is 0. The Morgan fingerprint density at radius 3 is 2.90 bits per heavy atom. The Balaban J connectivity index is 1.88. The van der Waals surface area contributed by atoms with Gasteiger partial charge < -0.3 is 15.1 Å². The molecule has 106 valence electrons. The van der Waals surface area contributed by atoms with Crippen molar-refractivity contribution in [2.45, 2.75) is 19.4 Å². The van der Waals surface area contributed by atoms with Gasteiger partial charge in [0.25, 0.3) is 0 Å². The fourth-order valence-electron chi connectivity index (χ4n) is 2.92. The first kappa shape index (κ1) is 12.3. The van der Waals surface area contributed by atoms with E-state index < -0.39 is 0 Å². The van der Waals surface area contributed by atoms with Gasteiger partial charge in [0.2, 0.25) is 0 Å². The van der Waals surface area contributed by atoms with Gasteiger partial charge in [-0.2, -0.15) is 0 Å². The number of fused-ring (bicyclic) bond motifs is 2. The molecule has 0 amide bonds. The second kappa shape index (κ2) is 4.85. The van der Waals surface area contributed by atoms with Crippen LogP contribution in [0.2, 0.25) is 0 Å². The quantitative estimate of drug-likeness (QED) is 0.676. The summed E-state index contributed by atoms with van der Waals surface area (Å²) in [6.45, 7) is 3.21. The largest absolute Gasteiger partial charge is 0.456 e. The van der Waals surface area contributed by atoms with E-state index in [1.54, 1.807) is 0 Å². The number of para-hydroxylation sites is 2. The maximum atomic E-state index is 6.03. The summed E-state index contributed by atoms with van der Waals surface area (Å²) < 4.78 is 6.03. The van der Waals surface area contributed by atoms with Crippen LogP contribution in [0, 0.1) is 0 Å². The van der Waals surface area contributed by atoms with E-state index in [-0.39, 0.29) is 0 Å². The lowest BCUT2D eigenvalue weighted by Gasteiger charge is -2.15. The van der Waals surface area contributed by atoms with E-state index in [1.807, 2.05) is 18.2 Å². The normalized spacial score (nSPS) is 17.7. The average Bonchev–Trinajstić information content (AvgIpc) is 2.82. The molecule has 3 aromatic rings. The highest BCUT2D eigenvalue weighted by atomic mass is 16.3. The summed E-state index contributed by atoms with van der Waals surface area (Å²) >= 11 is 0. The topological polar surface area (TPSA) is 37.2 Å². The number of benzene rings is 2. The molecule has 4 rings (SSSR count). The molecule has 0 unspecified atom stereocenters. The highest BCUT2D eigenvalue weighted by Crippen LogP contribution is 2.38. The molecule has 3 nitrogen and oxygen atoms in total. The lowest BCUT2D eigenvalue weighted by Crippen LogP contribution is -2.15. The molecule has 0 radical (unpaired) electrons. The second-order valence-corrected chi connectivity index (χ2v) is 5.64. The van der Waals surface area contributed by atoms with Gasteiger partial charge >= 0.3 is 0 Å². The monoisotopic (exact) mass is 278 g/mol. The molecule has 21 heavy (non-hydrogen) atoms. The van der Waals surface area contributed by atoms with Crippen LogP contribution in [0.3, 0.4) is 0 Å². The molecule has 2 heterocycles. The van der Waals surface area contributed by atoms with Crippen LogP contribution < -0.4 is 10.6 Å². The van der Waals surface area contributed by atoms with Crippen molar-refractivity contribution in [2.75, 3.05) is 17.2 Å². The summed E-state index contributed by atoms with van der Waals surface area (Å²) in [6.07, 6.45) is 1.11. The molecule has 0 spiro atoms. The van der Waals surface area contributed by atoms with Crippen molar-refractivity contribution in [3.8, 4) is 11.3 Å². The van der Waals surface area contributed by atoms with Gasteiger partial charge in [-0.3, -0.25) is 0 Å². The van der Waals surface area contributed by atoms with Crippen LogP contribution in [-0.4, -0.2) is 12.6 Å². The minimum absolute atomic E-state index is 0.448. The molecule has 2 aromatic carbocycles. The predicted octanol–water partition coefficient (Wildman–Crippen LogP) is 4.72. The summed E-state index contributed by atoms with van der Waals surface area (Å²) in [5.41, 5.74) is 4.34. The van der Waals surface area contributed by atoms with Crippen LogP contribution >= 0.6 is 0 Å². The van der Waals surface area contributed by atoms with Gasteiger partial charge in [-0.25, -0.2) is 0 Å². The highest BCUT2D eigenvalue weighted by molar-refractivity contribution is 5.90. The van der Waals surface area contributed by atoms with Crippen LogP contribution in [0.1, 0.15) is 13.3 Å². The van der Waals surface area contributed by atoms with E-state index in [9.17, 15) is 0 Å². The lowest BCUT2D eigenvalue weighted by atomic mass is 10.1. The Morgan fingerprint density at radius 2 is 2.00 bits per heavy atom. The fourth-order valence-corrected chi connectivity index (χ4v) is 2.92. The number of anilines is 2. The zero-order chi connectivity index (χ0) is 14.2. The molecule has 1 atom stereocenters. The van der Waals surface area contributed by atoms with Gasteiger partial charge in [0.15, 0.2) is 0 Å². The van der Waals surface area contributed by atoms with Crippen molar-refractivity contribution < 1.29 is 4.42 Å². The smallest absolute Gasteiger partial charge is 0.137 e. The molecule has 1 aromatic heterocycles. The van der Waals surface area contributed by atoms with Crippen molar-refractivity contribution in [2.24, 2.45) is 0 Å². The van der Waals surface area contributed by atoms with E-state index >= 15 is 0 Å². The summed E-state index contributed by atoms with van der Waals surface area (Å²) in [5, 5.41) is 8.25.